The van der Waals surface area contributed by atoms with Gasteiger partial charge in [0.1, 0.15) is 17.2 Å². The topological polar surface area (TPSA) is 114 Å². The van der Waals surface area contributed by atoms with Gasteiger partial charge in [-0.05, 0) is 36.5 Å². The van der Waals surface area contributed by atoms with Crippen LogP contribution in [0.5, 0.6) is 17.2 Å². The Bertz CT molecular complexity index is 1100. The highest BCUT2D eigenvalue weighted by Crippen LogP contribution is 2.35. The number of benzene rings is 2. The number of thioether (sulfide) groups is 1. The Labute approximate surface area is 180 Å². The molecule has 1 aliphatic rings. The molecule has 1 N–H and O–H groups in total. The number of aromatic hydroxyl groups is 1. The number of carbonyl (C=O) groups is 1. The van der Waals surface area contributed by atoms with Gasteiger partial charge in [-0.3, -0.25) is 14.9 Å². The van der Waals surface area contributed by atoms with Crippen LogP contribution < -0.4 is 9.47 Å². The van der Waals surface area contributed by atoms with Gasteiger partial charge in [0.25, 0.3) is 11.6 Å². The summed E-state index contributed by atoms with van der Waals surface area (Å²) in [6.45, 7) is 0. The Kier molecular flexibility index (Phi) is 6.33. The zero-order valence-electron chi connectivity index (χ0n) is 15.8. The predicted molar refractivity (Wildman–Crippen MR) is 117 cm³/mol. The highest BCUT2D eigenvalue weighted by molar-refractivity contribution is 8.26. The third-order valence-electron chi connectivity index (χ3n) is 4.03. The fourth-order valence-corrected chi connectivity index (χ4v) is 3.68. The zero-order chi connectivity index (χ0) is 21.8. The summed E-state index contributed by atoms with van der Waals surface area (Å²) in [6, 6.07) is 8.65. The first kappa shape index (κ1) is 21.3. The Morgan fingerprint density at radius 3 is 2.63 bits per heavy atom. The van der Waals surface area contributed by atoms with Gasteiger partial charge in [0, 0.05) is 29.3 Å². The molecular weight excluding hydrogens is 430 g/mol. The predicted octanol–water partition coefficient (Wildman–Crippen LogP) is 3.55. The van der Waals surface area contributed by atoms with Crippen LogP contribution in [0.15, 0.2) is 46.4 Å². The number of hydrogen-bond donors (Lipinski definition) is 1. The molecule has 0 spiro atoms. The maximum absolute atomic E-state index is 12.7. The normalized spacial score (nSPS) is 15.3. The lowest BCUT2D eigenvalue weighted by molar-refractivity contribution is -0.384. The molecule has 0 bridgehead atoms. The standard InChI is InChI=1S/C19H15N3O6S2/c1-27-14-5-3-11(16(9-14)28-2)10-20-21-18(24)17(30-19(21)29)8-12-7-13(22(25)26)4-6-15(12)23/h3-10,23H,1-2H3/b17-8+,20-10+. The maximum Gasteiger partial charge on any atom is 0.286 e. The molecule has 1 heterocycles. The van der Waals surface area contributed by atoms with E-state index in [2.05, 4.69) is 5.10 Å². The molecule has 2 aromatic rings. The van der Waals surface area contributed by atoms with Gasteiger partial charge in [-0.1, -0.05) is 11.8 Å². The van der Waals surface area contributed by atoms with Crippen LogP contribution >= 0.6 is 24.0 Å². The lowest BCUT2D eigenvalue weighted by Crippen LogP contribution is -2.22. The van der Waals surface area contributed by atoms with E-state index in [9.17, 15) is 20.0 Å². The van der Waals surface area contributed by atoms with Gasteiger partial charge in [0.15, 0.2) is 4.32 Å². The van der Waals surface area contributed by atoms with Crippen LogP contribution in [-0.4, -0.2) is 45.7 Å². The van der Waals surface area contributed by atoms with Crippen molar-refractivity contribution in [2.45, 2.75) is 0 Å². The van der Waals surface area contributed by atoms with Crippen LogP contribution in [0.3, 0.4) is 0 Å². The lowest BCUT2D eigenvalue weighted by atomic mass is 10.1. The Morgan fingerprint density at radius 1 is 1.20 bits per heavy atom. The molecule has 11 heteroatoms. The molecule has 30 heavy (non-hydrogen) atoms. The molecule has 2 aromatic carbocycles. The fourth-order valence-electron chi connectivity index (χ4n) is 2.52. The van der Waals surface area contributed by atoms with E-state index in [-0.39, 0.29) is 26.2 Å². The highest BCUT2D eigenvalue weighted by atomic mass is 32.2. The van der Waals surface area contributed by atoms with Crippen molar-refractivity contribution in [2.24, 2.45) is 5.10 Å². The summed E-state index contributed by atoms with van der Waals surface area (Å²) in [7, 11) is 3.04. The maximum atomic E-state index is 12.7. The van der Waals surface area contributed by atoms with Crippen molar-refractivity contribution in [3.63, 3.8) is 0 Å². The summed E-state index contributed by atoms with van der Waals surface area (Å²) < 4.78 is 10.6. The van der Waals surface area contributed by atoms with Crippen LogP contribution in [0, 0.1) is 10.1 Å². The number of rotatable bonds is 6. The first-order valence-electron chi connectivity index (χ1n) is 8.35. The number of hydrogen-bond acceptors (Lipinski definition) is 9. The molecule has 0 aliphatic carbocycles. The van der Waals surface area contributed by atoms with Crippen molar-refractivity contribution in [1.29, 1.82) is 0 Å². The van der Waals surface area contributed by atoms with Crippen LogP contribution in [0.25, 0.3) is 6.08 Å². The molecule has 0 aromatic heterocycles. The Balaban J connectivity index is 1.87. The van der Waals surface area contributed by atoms with Crippen molar-refractivity contribution in [1.82, 2.24) is 5.01 Å². The van der Waals surface area contributed by atoms with Crippen LogP contribution in [0.1, 0.15) is 11.1 Å². The van der Waals surface area contributed by atoms with Gasteiger partial charge in [-0.25, -0.2) is 0 Å². The number of ether oxygens (including phenoxy) is 2. The van der Waals surface area contributed by atoms with Gasteiger partial charge >= 0.3 is 0 Å². The van der Waals surface area contributed by atoms with Crippen molar-refractivity contribution < 1.29 is 24.3 Å². The van der Waals surface area contributed by atoms with Crippen molar-refractivity contribution in [3.8, 4) is 17.2 Å². The van der Waals surface area contributed by atoms with E-state index in [1.165, 1.54) is 44.7 Å². The molecule has 0 radical (unpaired) electrons. The number of thiocarbonyl (C=S) groups is 1. The second-order valence-electron chi connectivity index (χ2n) is 5.85. The Hall–Kier alpha value is -3.44. The molecule has 154 valence electrons. The molecule has 0 saturated carbocycles. The fraction of sp³-hybridized carbons (Fsp3) is 0.105. The van der Waals surface area contributed by atoms with Crippen molar-refractivity contribution in [3.05, 3.63) is 62.5 Å². The number of nitro groups is 1. The Morgan fingerprint density at radius 2 is 1.97 bits per heavy atom. The summed E-state index contributed by atoms with van der Waals surface area (Å²) in [5, 5.41) is 26.1. The quantitative estimate of drug-likeness (QED) is 0.236. The lowest BCUT2D eigenvalue weighted by Gasteiger charge is -2.09. The molecule has 1 amide bonds. The van der Waals surface area contributed by atoms with E-state index < -0.39 is 10.8 Å². The molecule has 1 fully saturated rings. The van der Waals surface area contributed by atoms with Crippen LogP contribution in [-0.2, 0) is 4.79 Å². The summed E-state index contributed by atoms with van der Waals surface area (Å²) in [6.07, 6.45) is 2.77. The van der Waals surface area contributed by atoms with Crippen molar-refractivity contribution in [2.75, 3.05) is 14.2 Å². The summed E-state index contributed by atoms with van der Waals surface area (Å²) >= 11 is 6.19. The van der Waals surface area contributed by atoms with E-state index in [1.807, 2.05) is 0 Å². The highest BCUT2D eigenvalue weighted by Gasteiger charge is 2.32. The number of methoxy groups -OCH3 is 2. The number of phenols is 1. The van der Waals surface area contributed by atoms with Gasteiger partial charge in [-0.2, -0.15) is 10.1 Å². The van der Waals surface area contributed by atoms with E-state index in [4.69, 9.17) is 21.7 Å². The third-order valence-corrected chi connectivity index (χ3v) is 5.32. The third kappa shape index (κ3) is 4.42. The SMILES string of the molecule is COc1ccc(/C=N/N2C(=O)/C(=C\c3cc([N+](=O)[O-])ccc3O)SC2=S)c(OC)c1. The first-order chi connectivity index (χ1) is 14.3. The molecule has 3 rings (SSSR count). The minimum absolute atomic E-state index is 0.130. The van der Waals surface area contributed by atoms with Gasteiger partial charge in [-0.15, -0.1) is 0 Å². The number of amides is 1. The largest absolute Gasteiger partial charge is 0.507 e. The van der Waals surface area contributed by atoms with E-state index in [0.29, 0.717) is 17.1 Å². The molecule has 0 unspecified atom stereocenters. The van der Waals surface area contributed by atoms with Crippen LogP contribution in [0.4, 0.5) is 5.69 Å². The molecule has 0 atom stereocenters. The van der Waals surface area contributed by atoms with E-state index >= 15 is 0 Å². The second-order valence-corrected chi connectivity index (χ2v) is 7.52. The van der Waals surface area contributed by atoms with E-state index in [1.54, 1.807) is 18.2 Å². The molecule has 9 nitrogen and oxygen atoms in total. The number of nitro benzene ring substituents is 1. The summed E-state index contributed by atoms with van der Waals surface area (Å²) in [4.78, 5) is 23.2. The minimum Gasteiger partial charge on any atom is -0.507 e. The van der Waals surface area contributed by atoms with Gasteiger partial charge < -0.3 is 14.6 Å². The second kappa shape index (κ2) is 8.93. The number of non-ortho nitro benzene ring substituents is 1. The average molecular weight is 445 g/mol. The number of nitrogens with zero attached hydrogens (tertiary/aromatic N) is 3. The smallest absolute Gasteiger partial charge is 0.286 e. The van der Waals surface area contributed by atoms with Crippen LogP contribution in [0.2, 0.25) is 0 Å². The van der Waals surface area contributed by atoms with Gasteiger partial charge in [0.2, 0.25) is 0 Å². The zero-order valence-corrected chi connectivity index (χ0v) is 17.4. The molecule has 1 aliphatic heterocycles. The number of phenolic OH excluding ortho intramolecular Hbond substituents is 1. The summed E-state index contributed by atoms with van der Waals surface area (Å²) in [5.41, 5.74) is 0.525. The summed E-state index contributed by atoms with van der Waals surface area (Å²) in [5.74, 6) is 0.395. The number of carbonyl (C=O) groups excluding carboxylic acids is 1. The van der Waals surface area contributed by atoms with Crippen molar-refractivity contribution >= 4 is 52.2 Å². The van der Waals surface area contributed by atoms with E-state index in [0.717, 1.165) is 16.8 Å². The average Bonchev–Trinajstić information content (AvgIpc) is 3.00. The first-order valence-corrected chi connectivity index (χ1v) is 9.58. The minimum atomic E-state index is -0.589. The molecule has 1 saturated heterocycles. The monoisotopic (exact) mass is 445 g/mol. The number of hydrazone groups is 1. The van der Waals surface area contributed by atoms with Gasteiger partial charge in [0.05, 0.1) is 30.3 Å². The molecular formula is C19H15N3O6S2.